The molecule has 9 heteroatoms. The zero-order valence-electron chi connectivity index (χ0n) is 13.6. The number of fused-ring (bicyclic) bond motifs is 1. The molecule has 0 aliphatic rings. The Morgan fingerprint density at radius 2 is 1.48 bits per heavy atom. The van der Waals surface area contributed by atoms with Gasteiger partial charge in [-0.1, -0.05) is 17.2 Å². The summed E-state index contributed by atoms with van der Waals surface area (Å²) in [6, 6.07) is 12.7. The fourth-order valence-corrected chi connectivity index (χ4v) is 2.47. The Bertz CT molecular complexity index is 1060. The van der Waals surface area contributed by atoms with Gasteiger partial charge in [-0.25, -0.2) is 0 Å². The number of hydrogen-bond acceptors (Lipinski definition) is 5. The second-order valence-corrected chi connectivity index (χ2v) is 5.49. The normalized spacial score (nSPS) is 11.5. The van der Waals surface area contributed by atoms with Crippen LogP contribution in [0.15, 0.2) is 67.1 Å². The monoisotopic (exact) mass is 372 g/mol. The number of halogens is 3. The van der Waals surface area contributed by atoms with Crippen molar-refractivity contribution in [1.82, 2.24) is 19.6 Å². The Hall–Kier alpha value is -3.62. The molecule has 0 aliphatic heterocycles. The lowest BCUT2D eigenvalue weighted by Crippen LogP contribution is -2.16. The highest BCUT2D eigenvalue weighted by Crippen LogP contribution is 2.28. The van der Waals surface area contributed by atoms with E-state index in [1.807, 2.05) is 0 Å². The van der Waals surface area contributed by atoms with Crippen LogP contribution in [0.5, 0.6) is 17.5 Å². The van der Waals surface area contributed by atoms with E-state index in [9.17, 15) is 13.2 Å². The van der Waals surface area contributed by atoms with Gasteiger partial charge in [-0.15, -0.1) is 18.3 Å². The molecule has 0 atom stereocenters. The number of pyridine rings is 2. The minimum absolute atomic E-state index is 0.259. The van der Waals surface area contributed by atoms with E-state index in [1.54, 1.807) is 47.3 Å². The van der Waals surface area contributed by atoms with Crippen molar-refractivity contribution in [2.45, 2.75) is 6.36 Å². The van der Waals surface area contributed by atoms with E-state index in [0.717, 1.165) is 5.56 Å². The Kier molecular flexibility index (Phi) is 4.11. The number of rotatable bonds is 4. The van der Waals surface area contributed by atoms with Crippen molar-refractivity contribution in [3.8, 4) is 28.6 Å². The molecule has 6 nitrogen and oxygen atoms in total. The zero-order valence-corrected chi connectivity index (χ0v) is 13.6. The molecule has 0 bridgehead atoms. The van der Waals surface area contributed by atoms with Crippen LogP contribution in [0.25, 0.3) is 16.8 Å². The van der Waals surface area contributed by atoms with Gasteiger partial charge in [-0.05, 0) is 47.5 Å². The average Bonchev–Trinajstić information content (AvgIpc) is 3.04. The zero-order chi connectivity index (χ0) is 18.9. The SMILES string of the molecule is FC(F)(F)Oc1ccc(-c2ccc3nnc(Oc4ccncc4)n3c2)cc1. The van der Waals surface area contributed by atoms with E-state index in [1.165, 1.54) is 24.3 Å². The van der Waals surface area contributed by atoms with Crippen molar-refractivity contribution < 1.29 is 22.6 Å². The fourth-order valence-electron chi connectivity index (χ4n) is 2.47. The second kappa shape index (κ2) is 6.60. The van der Waals surface area contributed by atoms with Gasteiger partial charge in [0.25, 0.3) is 0 Å². The Labute approximate surface area is 150 Å². The van der Waals surface area contributed by atoms with Gasteiger partial charge in [-0.2, -0.15) is 0 Å². The summed E-state index contributed by atoms with van der Waals surface area (Å²) in [7, 11) is 0. The number of ether oxygens (including phenoxy) is 2. The average molecular weight is 372 g/mol. The lowest BCUT2D eigenvalue weighted by molar-refractivity contribution is -0.274. The maximum atomic E-state index is 12.3. The summed E-state index contributed by atoms with van der Waals surface area (Å²) in [5.74, 6) is 0.275. The minimum atomic E-state index is -4.72. The number of nitrogens with zero attached hydrogens (tertiary/aromatic N) is 4. The molecule has 0 saturated carbocycles. The van der Waals surface area contributed by atoms with Crippen LogP contribution in [0.3, 0.4) is 0 Å². The highest BCUT2D eigenvalue weighted by molar-refractivity contribution is 5.65. The van der Waals surface area contributed by atoms with Crippen LogP contribution in [0, 0.1) is 0 Å². The highest BCUT2D eigenvalue weighted by atomic mass is 19.4. The number of hydrogen-bond donors (Lipinski definition) is 0. The summed E-state index contributed by atoms with van der Waals surface area (Å²) < 4.78 is 48.0. The summed E-state index contributed by atoms with van der Waals surface area (Å²) in [6.07, 6.45) is 0.205. The topological polar surface area (TPSA) is 61.5 Å². The molecule has 0 N–H and O–H groups in total. The van der Waals surface area contributed by atoms with Gasteiger partial charge >= 0.3 is 12.4 Å². The van der Waals surface area contributed by atoms with E-state index in [2.05, 4.69) is 19.9 Å². The van der Waals surface area contributed by atoms with Gasteiger partial charge in [0.05, 0.1) is 0 Å². The molecule has 27 heavy (non-hydrogen) atoms. The van der Waals surface area contributed by atoms with E-state index in [-0.39, 0.29) is 11.8 Å². The van der Waals surface area contributed by atoms with Crippen molar-refractivity contribution in [3.05, 3.63) is 67.1 Å². The van der Waals surface area contributed by atoms with Crippen LogP contribution in [0.2, 0.25) is 0 Å². The lowest BCUT2D eigenvalue weighted by atomic mass is 10.1. The second-order valence-electron chi connectivity index (χ2n) is 5.49. The highest BCUT2D eigenvalue weighted by Gasteiger charge is 2.30. The Morgan fingerprint density at radius 1 is 0.778 bits per heavy atom. The van der Waals surface area contributed by atoms with Crippen molar-refractivity contribution >= 4 is 5.65 Å². The van der Waals surface area contributed by atoms with Crippen molar-refractivity contribution in [2.24, 2.45) is 0 Å². The van der Waals surface area contributed by atoms with E-state index >= 15 is 0 Å². The van der Waals surface area contributed by atoms with Crippen LogP contribution < -0.4 is 9.47 Å². The molecule has 0 aliphatic carbocycles. The van der Waals surface area contributed by atoms with Gasteiger partial charge < -0.3 is 9.47 Å². The Morgan fingerprint density at radius 3 is 2.19 bits per heavy atom. The van der Waals surface area contributed by atoms with Crippen LogP contribution in [-0.2, 0) is 0 Å². The molecule has 136 valence electrons. The third-order valence-electron chi connectivity index (χ3n) is 3.65. The third kappa shape index (κ3) is 3.81. The fraction of sp³-hybridized carbons (Fsp3) is 0.0556. The molecule has 4 rings (SSSR count). The molecular weight excluding hydrogens is 361 g/mol. The molecule has 0 amide bonds. The van der Waals surface area contributed by atoms with Crippen LogP contribution in [0.4, 0.5) is 13.2 Å². The largest absolute Gasteiger partial charge is 0.573 e. The van der Waals surface area contributed by atoms with Gasteiger partial charge in [0.15, 0.2) is 5.65 Å². The number of alkyl halides is 3. The number of aromatic nitrogens is 4. The summed E-state index contributed by atoms with van der Waals surface area (Å²) >= 11 is 0. The number of benzene rings is 1. The first-order chi connectivity index (χ1) is 13.0. The molecule has 3 aromatic heterocycles. The van der Waals surface area contributed by atoms with Crippen LogP contribution in [0.1, 0.15) is 0 Å². The maximum Gasteiger partial charge on any atom is 0.573 e. The maximum absolute atomic E-state index is 12.3. The van der Waals surface area contributed by atoms with E-state index in [4.69, 9.17) is 4.74 Å². The third-order valence-corrected chi connectivity index (χ3v) is 3.65. The lowest BCUT2D eigenvalue weighted by Gasteiger charge is -2.09. The van der Waals surface area contributed by atoms with Crippen LogP contribution in [-0.4, -0.2) is 25.9 Å². The minimum Gasteiger partial charge on any atom is -0.424 e. The molecular formula is C18H11F3N4O2. The van der Waals surface area contributed by atoms with Crippen molar-refractivity contribution in [1.29, 1.82) is 0 Å². The molecule has 3 heterocycles. The molecule has 0 unspecified atom stereocenters. The van der Waals surface area contributed by atoms with E-state index in [0.29, 0.717) is 17.0 Å². The predicted octanol–water partition coefficient (Wildman–Crippen LogP) is 4.48. The smallest absolute Gasteiger partial charge is 0.424 e. The predicted molar refractivity (Wildman–Crippen MR) is 89.4 cm³/mol. The first kappa shape index (κ1) is 16.8. The van der Waals surface area contributed by atoms with Gasteiger partial charge in [0, 0.05) is 18.6 Å². The summed E-state index contributed by atoms with van der Waals surface area (Å²) in [4.78, 5) is 3.92. The first-order valence-electron chi connectivity index (χ1n) is 7.77. The van der Waals surface area contributed by atoms with Gasteiger partial charge in [0.2, 0.25) is 0 Å². The molecule has 0 spiro atoms. The molecule has 1 aromatic carbocycles. The molecule has 0 radical (unpaired) electrons. The van der Waals surface area contributed by atoms with E-state index < -0.39 is 6.36 Å². The Balaban J connectivity index is 1.64. The van der Waals surface area contributed by atoms with Crippen LogP contribution >= 0.6 is 0 Å². The molecule has 4 aromatic rings. The molecule has 0 saturated heterocycles. The summed E-state index contributed by atoms with van der Waals surface area (Å²) in [5, 5.41) is 8.04. The first-order valence-corrected chi connectivity index (χ1v) is 7.77. The van der Waals surface area contributed by atoms with Crippen molar-refractivity contribution in [3.63, 3.8) is 0 Å². The standard InChI is InChI=1S/C18H11F3N4O2/c19-18(20,21)27-15-4-1-12(2-5-15)13-3-6-16-23-24-17(25(16)11-13)26-14-7-9-22-10-8-14/h1-11H. The quantitative estimate of drug-likeness (QED) is 0.529. The molecule has 0 fully saturated rings. The summed E-state index contributed by atoms with van der Waals surface area (Å²) in [5.41, 5.74) is 2.02. The van der Waals surface area contributed by atoms with Crippen molar-refractivity contribution in [2.75, 3.05) is 0 Å². The van der Waals surface area contributed by atoms with Gasteiger partial charge in [-0.3, -0.25) is 9.38 Å². The van der Waals surface area contributed by atoms with Gasteiger partial charge in [0.1, 0.15) is 11.5 Å². The summed E-state index contributed by atoms with van der Waals surface area (Å²) in [6.45, 7) is 0.